The van der Waals surface area contributed by atoms with Gasteiger partial charge < -0.3 is 11.1 Å². The van der Waals surface area contributed by atoms with Gasteiger partial charge in [-0.1, -0.05) is 38.1 Å². The van der Waals surface area contributed by atoms with Gasteiger partial charge in [0.05, 0.1) is 11.3 Å². The molecule has 0 aliphatic rings. The van der Waals surface area contributed by atoms with Gasteiger partial charge in [0.25, 0.3) is 5.91 Å². The minimum Gasteiger partial charge on any atom is -0.350 e. The van der Waals surface area contributed by atoms with Gasteiger partial charge in [0.1, 0.15) is 0 Å². The molecular weight excluding hydrogens is 288 g/mol. The van der Waals surface area contributed by atoms with Crippen molar-refractivity contribution in [1.29, 1.82) is 0 Å². The Bertz CT molecular complexity index is 686. The number of aromatic nitrogens is 2. The first-order valence-electron chi connectivity index (χ1n) is 7.95. The van der Waals surface area contributed by atoms with Gasteiger partial charge >= 0.3 is 0 Å². The summed E-state index contributed by atoms with van der Waals surface area (Å²) in [5, 5.41) is 7.18. The molecule has 124 valence electrons. The van der Waals surface area contributed by atoms with E-state index >= 15 is 0 Å². The second-order valence-electron chi connectivity index (χ2n) is 6.31. The smallest absolute Gasteiger partial charge is 0.255 e. The van der Waals surface area contributed by atoms with E-state index in [1.807, 2.05) is 33.0 Å². The molecule has 5 heteroatoms. The minimum absolute atomic E-state index is 0.123. The van der Waals surface area contributed by atoms with E-state index in [0.717, 1.165) is 17.0 Å². The van der Waals surface area contributed by atoms with Gasteiger partial charge in [-0.15, -0.1) is 0 Å². The van der Waals surface area contributed by atoms with Crippen LogP contribution in [0.25, 0.3) is 0 Å². The zero-order valence-corrected chi connectivity index (χ0v) is 14.6. The van der Waals surface area contributed by atoms with Crippen LogP contribution in [0.5, 0.6) is 0 Å². The fourth-order valence-electron chi connectivity index (χ4n) is 2.64. The predicted octanol–water partition coefficient (Wildman–Crippen LogP) is 2.59. The highest BCUT2D eigenvalue weighted by molar-refractivity contribution is 5.96. The van der Waals surface area contributed by atoms with Crippen LogP contribution in [0, 0.1) is 13.8 Å². The zero-order chi connectivity index (χ0) is 17.1. The highest BCUT2D eigenvalue weighted by Gasteiger charge is 2.18. The Morgan fingerprint density at radius 2 is 1.78 bits per heavy atom. The highest BCUT2D eigenvalue weighted by Crippen LogP contribution is 2.18. The molecule has 3 N–H and O–H groups in total. The maximum atomic E-state index is 12.4. The van der Waals surface area contributed by atoms with E-state index in [9.17, 15) is 4.79 Å². The largest absolute Gasteiger partial charge is 0.350 e. The van der Waals surface area contributed by atoms with Crippen LogP contribution < -0.4 is 11.1 Å². The van der Waals surface area contributed by atoms with Gasteiger partial charge in [-0.05, 0) is 30.9 Å². The van der Waals surface area contributed by atoms with E-state index in [4.69, 9.17) is 5.73 Å². The van der Waals surface area contributed by atoms with Crippen LogP contribution in [0.4, 0.5) is 0 Å². The number of nitrogens with zero attached hydrogens (tertiary/aromatic N) is 2. The predicted molar refractivity (Wildman–Crippen MR) is 92.5 cm³/mol. The molecule has 1 unspecified atom stereocenters. The molecule has 0 aliphatic heterocycles. The van der Waals surface area contributed by atoms with Crippen molar-refractivity contribution in [2.45, 2.75) is 39.7 Å². The lowest BCUT2D eigenvalue weighted by Gasteiger charge is -2.15. The zero-order valence-electron chi connectivity index (χ0n) is 14.6. The molecule has 0 saturated heterocycles. The molecule has 23 heavy (non-hydrogen) atoms. The first-order chi connectivity index (χ1) is 10.8. The van der Waals surface area contributed by atoms with Crippen molar-refractivity contribution in [3.63, 3.8) is 0 Å². The van der Waals surface area contributed by atoms with E-state index in [1.165, 1.54) is 5.56 Å². The Labute approximate surface area is 137 Å². The number of nitrogens with two attached hydrogens (primary N) is 1. The van der Waals surface area contributed by atoms with E-state index in [-0.39, 0.29) is 11.9 Å². The lowest BCUT2D eigenvalue weighted by molar-refractivity contribution is 0.0950. The van der Waals surface area contributed by atoms with E-state index in [1.54, 1.807) is 4.68 Å². The first kappa shape index (κ1) is 17.2. The Kier molecular flexibility index (Phi) is 5.21. The maximum absolute atomic E-state index is 12.4. The Morgan fingerprint density at radius 3 is 2.26 bits per heavy atom. The summed E-state index contributed by atoms with van der Waals surface area (Å²) in [4.78, 5) is 12.4. The lowest BCUT2D eigenvalue weighted by Crippen LogP contribution is -2.32. The number of hydrogen-bond donors (Lipinski definition) is 2. The summed E-state index contributed by atoms with van der Waals surface area (Å²) in [7, 11) is 1.83. The molecule has 2 rings (SSSR count). The Balaban J connectivity index is 2.01. The Hall–Kier alpha value is -2.14. The van der Waals surface area contributed by atoms with Crippen LogP contribution in [0.15, 0.2) is 24.3 Å². The van der Waals surface area contributed by atoms with Crippen LogP contribution >= 0.6 is 0 Å². The van der Waals surface area contributed by atoms with Crippen molar-refractivity contribution < 1.29 is 4.79 Å². The fourth-order valence-corrected chi connectivity index (χ4v) is 2.64. The van der Waals surface area contributed by atoms with Crippen molar-refractivity contribution in [2.75, 3.05) is 6.54 Å². The molecule has 5 nitrogen and oxygen atoms in total. The number of amides is 1. The third kappa shape index (κ3) is 3.79. The summed E-state index contributed by atoms with van der Waals surface area (Å²) in [6.45, 7) is 8.45. The van der Waals surface area contributed by atoms with Crippen LogP contribution in [0.2, 0.25) is 0 Å². The quantitative estimate of drug-likeness (QED) is 0.891. The molecule has 0 radical (unpaired) electrons. The second-order valence-corrected chi connectivity index (χ2v) is 6.31. The number of carbonyl (C=O) groups excluding carboxylic acids is 1. The van der Waals surface area contributed by atoms with E-state index in [2.05, 4.69) is 36.4 Å². The maximum Gasteiger partial charge on any atom is 0.255 e. The SMILES string of the molecule is Cc1nn(C)c(C)c1C(=O)NCC(N)c1ccc(C(C)C)cc1. The molecule has 2 aromatic rings. The summed E-state index contributed by atoms with van der Waals surface area (Å²) < 4.78 is 1.72. The van der Waals surface area contributed by atoms with Gasteiger partial charge in [0.2, 0.25) is 0 Å². The minimum atomic E-state index is -0.225. The molecule has 1 aromatic heterocycles. The molecule has 1 heterocycles. The van der Waals surface area contributed by atoms with Crippen molar-refractivity contribution in [3.8, 4) is 0 Å². The van der Waals surface area contributed by atoms with Gasteiger partial charge in [-0.3, -0.25) is 9.48 Å². The number of rotatable bonds is 5. The van der Waals surface area contributed by atoms with E-state index < -0.39 is 0 Å². The molecule has 1 aromatic carbocycles. The fraction of sp³-hybridized carbons (Fsp3) is 0.444. The van der Waals surface area contributed by atoms with Crippen LogP contribution in [-0.2, 0) is 7.05 Å². The first-order valence-corrected chi connectivity index (χ1v) is 7.95. The lowest BCUT2D eigenvalue weighted by atomic mass is 9.99. The number of nitrogens with one attached hydrogen (secondary N) is 1. The van der Waals surface area contributed by atoms with Crippen molar-refractivity contribution in [3.05, 3.63) is 52.3 Å². The molecule has 0 spiro atoms. The standard InChI is InChI=1S/C18H26N4O/c1-11(2)14-6-8-15(9-7-14)16(19)10-20-18(23)17-12(3)21-22(5)13(17)4/h6-9,11,16H,10,19H2,1-5H3,(H,20,23). The Morgan fingerprint density at radius 1 is 1.22 bits per heavy atom. The van der Waals surface area contributed by atoms with Gasteiger partial charge in [0.15, 0.2) is 0 Å². The summed E-state index contributed by atoms with van der Waals surface area (Å²) in [5.74, 6) is 0.374. The molecular formula is C18H26N4O. The summed E-state index contributed by atoms with van der Waals surface area (Å²) >= 11 is 0. The molecule has 0 fully saturated rings. The number of hydrogen-bond acceptors (Lipinski definition) is 3. The normalized spacial score (nSPS) is 12.5. The number of benzene rings is 1. The molecule has 0 bridgehead atoms. The average Bonchev–Trinajstić information content (AvgIpc) is 2.77. The molecule has 0 saturated carbocycles. The van der Waals surface area contributed by atoms with Gasteiger partial charge in [-0.2, -0.15) is 5.10 Å². The number of carbonyl (C=O) groups is 1. The summed E-state index contributed by atoms with van der Waals surface area (Å²) in [6.07, 6.45) is 0. The topological polar surface area (TPSA) is 72.9 Å². The van der Waals surface area contributed by atoms with Crippen molar-refractivity contribution in [2.24, 2.45) is 12.8 Å². The van der Waals surface area contributed by atoms with Crippen LogP contribution in [-0.4, -0.2) is 22.2 Å². The third-order valence-electron chi connectivity index (χ3n) is 4.25. The van der Waals surface area contributed by atoms with E-state index in [0.29, 0.717) is 18.0 Å². The monoisotopic (exact) mass is 314 g/mol. The number of aryl methyl sites for hydroxylation is 2. The van der Waals surface area contributed by atoms with Crippen molar-refractivity contribution in [1.82, 2.24) is 15.1 Å². The summed E-state index contributed by atoms with van der Waals surface area (Å²) in [6, 6.07) is 8.03. The third-order valence-corrected chi connectivity index (χ3v) is 4.25. The van der Waals surface area contributed by atoms with Gasteiger partial charge in [-0.25, -0.2) is 0 Å². The molecule has 0 aliphatic carbocycles. The van der Waals surface area contributed by atoms with Crippen molar-refractivity contribution >= 4 is 5.91 Å². The second kappa shape index (κ2) is 6.96. The summed E-state index contributed by atoms with van der Waals surface area (Å²) in [5.41, 5.74) is 10.7. The molecule has 1 atom stereocenters. The van der Waals surface area contributed by atoms with Crippen LogP contribution in [0.1, 0.15) is 58.7 Å². The average molecular weight is 314 g/mol. The van der Waals surface area contributed by atoms with Crippen LogP contribution in [0.3, 0.4) is 0 Å². The highest BCUT2D eigenvalue weighted by atomic mass is 16.1. The molecule has 1 amide bonds. The van der Waals surface area contributed by atoms with Gasteiger partial charge in [0, 0.05) is 25.3 Å².